The van der Waals surface area contributed by atoms with E-state index in [1.165, 1.54) is 30.3 Å². The minimum atomic E-state index is -4.60. The summed E-state index contributed by atoms with van der Waals surface area (Å²) in [5, 5.41) is 3.22. The summed E-state index contributed by atoms with van der Waals surface area (Å²) in [6.07, 6.45) is -7.10. The molecule has 0 heterocycles. The molecule has 0 saturated heterocycles. The van der Waals surface area contributed by atoms with Crippen LogP contribution in [0.25, 0.3) is 0 Å². The standard InChI is InChI=1S/C16H10F6NO/c17-15(18,19)13-7-3-1-5-11(13)9-23-24-10-12-6-2-4-8-14(12)16(20,21)22/h1-8H,10H2. The second kappa shape index (κ2) is 6.94. The number of nitrogens with zero attached hydrogens (tertiary/aromatic N) is 1. The lowest BCUT2D eigenvalue weighted by atomic mass is 10.1. The molecule has 0 unspecified atom stereocenters. The van der Waals surface area contributed by atoms with E-state index in [0.717, 1.165) is 18.2 Å². The van der Waals surface area contributed by atoms with E-state index in [4.69, 9.17) is 0 Å². The molecule has 2 aromatic rings. The van der Waals surface area contributed by atoms with Gasteiger partial charge in [0.1, 0.15) is 12.8 Å². The highest BCUT2D eigenvalue weighted by Gasteiger charge is 2.33. The molecule has 2 nitrogen and oxygen atoms in total. The van der Waals surface area contributed by atoms with Gasteiger partial charge in [-0.1, -0.05) is 41.6 Å². The molecule has 1 radical (unpaired) electrons. The maximum Gasteiger partial charge on any atom is 0.417 e. The Morgan fingerprint density at radius 3 is 1.96 bits per heavy atom. The molecule has 0 N–H and O–H groups in total. The molecule has 0 bridgehead atoms. The predicted molar refractivity (Wildman–Crippen MR) is 74.2 cm³/mol. The molecule has 0 atom stereocenters. The van der Waals surface area contributed by atoms with E-state index in [9.17, 15) is 26.3 Å². The summed E-state index contributed by atoms with van der Waals surface area (Å²) in [6.45, 7) is -0.545. The van der Waals surface area contributed by atoms with E-state index in [-0.39, 0.29) is 11.1 Å². The van der Waals surface area contributed by atoms with Crippen molar-refractivity contribution in [2.24, 2.45) is 5.16 Å². The van der Waals surface area contributed by atoms with E-state index in [2.05, 4.69) is 9.99 Å². The maximum atomic E-state index is 12.8. The van der Waals surface area contributed by atoms with Gasteiger partial charge in [0.15, 0.2) is 0 Å². The molecule has 127 valence electrons. The monoisotopic (exact) mass is 346 g/mol. The lowest BCUT2D eigenvalue weighted by Gasteiger charge is -2.11. The topological polar surface area (TPSA) is 21.6 Å². The van der Waals surface area contributed by atoms with Gasteiger partial charge in [-0.15, -0.1) is 0 Å². The molecule has 0 amide bonds. The van der Waals surface area contributed by atoms with Crippen molar-refractivity contribution in [1.82, 2.24) is 0 Å². The molecule has 8 heteroatoms. The van der Waals surface area contributed by atoms with Gasteiger partial charge in [0.25, 0.3) is 0 Å². The summed E-state index contributed by atoms with van der Waals surface area (Å²) in [4.78, 5) is 4.67. The van der Waals surface area contributed by atoms with Crippen LogP contribution in [0.3, 0.4) is 0 Å². The van der Waals surface area contributed by atoms with E-state index in [1.807, 2.05) is 6.21 Å². The molecule has 2 aromatic carbocycles. The largest absolute Gasteiger partial charge is 0.417 e. The molecule has 0 saturated carbocycles. The summed E-state index contributed by atoms with van der Waals surface area (Å²) in [5.41, 5.74) is -2.40. The Kier molecular flexibility index (Phi) is 5.16. The molecule has 0 aromatic heterocycles. The van der Waals surface area contributed by atoms with Gasteiger partial charge in [0, 0.05) is 11.1 Å². The summed E-state index contributed by atoms with van der Waals surface area (Å²) < 4.78 is 76.6. The summed E-state index contributed by atoms with van der Waals surface area (Å²) in [7, 11) is 0. The molecule has 0 aliphatic rings. The quantitative estimate of drug-likeness (QED) is 0.426. The van der Waals surface area contributed by atoms with Crippen LogP contribution >= 0.6 is 0 Å². The van der Waals surface area contributed by atoms with E-state index < -0.39 is 30.1 Å². The first-order valence-corrected chi connectivity index (χ1v) is 6.59. The van der Waals surface area contributed by atoms with Crippen LogP contribution in [0.2, 0.25) is 0 Å². The molecule has 2 rings (SSSR count). The van der Waals surface area contributed by atoms with Crippen LogP contribution in [-0.4, -0.2) is 6.21 Å². The van der Waals surface area contributed by atoms with Crippen molar-refractivity contribution in [1.29, 1.82) is 0 Å². The van der Waals surface area contributed by atoms with E-state index >= 15 is 0 Å². The third-order valence-electron chi connectivity index (χ3n) is 3.01. The summed E-state index contributed by atoms with van der Waals surface area (Å²) >= 11 is 0. The zero-order valence-electron chi connectivity index (χ0n) is 11.9. The molecule has 0 aliphatic carbocycles. The van der Waals surface area contributed by atoms with Crippen molar-refractivity contribution in [3.05, 3.63) is 70.8 Å². The third-order valence-corrected chi connectivity index (χ3v) is 3.01. The fraction of sp³-hybridized carbons (Fsp3) is 0.188. The summed E-state index contributed by atoms with van der Waals surface area (Å²) in [5.74, 6) is 0. The van der Waals surface area contributed by atoms with Gasteiger partial charge in [-0.3, -0.25) is 0 Å². The van der Waals surface area contributed by atoms with E-state index in [1.54, 1.807) is 0 Å². The summed E-state index contributed by atoms with van der Waals surface area (Å²) in [6, 6.07) is 9.21. The molecule has 24 heavy (non-hydrogen) atoms. The Morgan fingerprint density at radius 2 is 1.33 bits per heavy atom. The van der Waals surface area contributed by atoms with Crippen LogP contribution in [-0.2, 0) is 23.8 Å². The van der Waals surface area contributed by atoms with E-state index in [0.29, 0.717) is 0 Å². The lowest BCUT2D eigenvalue weighted by molar-refractivity contribution is -0.139. The minimum absolute atomic E-state index is 0.181. The first-order chi connectivity index (χ1) is 11.2. The zero-order chi connectivity index (χ0) is 17.8. The van der Waals surface area contributed by atoms with Crippen LogP contribution in [0.15, 0.2) is 53.7 Å². The SMILES string of the molecule is FC(F)(F)c1ccccc1/[C]=N\OCc1ccccc1C(F)(F)F. The number of hydrogen-bond acceptors (Lipinski definition) is 2. The molecular weight excluding hydrogens is 336 g/mol. The Balaban J connectivity index is 2.10. The highest BCUT2D eigenvalue weighted by molar-refractivity contribution is 5.81. The Labute approximate surface area is 133 Å². The Bertz CT molecular complexity index is 721. The zero-order valence-corrected chi connectivity index (χ0v) is 11.9. The molecular formula is C16H10F6NO. The normalized spacial score (nSPS) is 12.6. The first kappa shape index (κ1) is 17.8. The Hall–Kier alpha value is -2.51. The second-order valence-electron chi connectivity index (χ2n) is 4.67. The maximum absolute atomic E-state index is 12.8. The van der Waals surface area contributed by atoms with Crippen LogP contribution < -0.4 is 0 Å². The van der Waals surface area contributed by atoms with Gasteiger partial charge in [0.2, 0.25) is 0 Å². The van der Waals surface area contributed by atoms with Crippen molar-refractivity contribution in [3.8, 4) is 0 Å². The second-order valence-corrected chi connectivity index (χ2v) is 4.67. The van der Waals surface area contributed by atoms with Crippen LogP contribution in [0.1, 0.15) is 22.3 Å². The van der Waals surface area contributed by atoms with Gasteiger partial charge in [0.05, 0.1) is 11.1 Å². The average Bonchev–Trinajstić information content (AvgIpc) is 2.50. The van der Waals surface area contributed by atoms with Crippen LogP contribution in [0.4, 0.5) is 26.3 Å². The van der Waals surface area contributed by atoms with Crippen molar-refractivity contribution in [3.63, 3.8) is 0 Å². The first-order valence-electron chi connectivity index (χ1n) is 6.59. The van der Waals surface area contributed by atoms with Crippen LogP contribution in [0.5, 0.6) is 0 Å². The van der Waals surface area contributed by atoms with Crippen molar-refractivity contribution in [2.45, 2.75) is 19.0 Å². The van der Waals surface area contributed by atoms with Gasteiger partial charge in [-0.05, 0) is 12.1 Å². The predicted octanol–water partition coefficient (Wildman–Crippen LogP) is 5.15. The minimum Gasteiger partial charge on any atom is -0.390 e. The number of halogens is 6. The molecule has 0 spiro atoms. The number of alkyl halides is 6. The number of hydrogen-bond donors (Lipinski definition) is 0. The number of benzene rings is 2. The van der Waals surface area contributed by atoms with Crippen molar-refractivity contribution in [2.75, 3.05) is 0 Å². The highest BCUT2D eigenvalue weighted by atomic mass is 19.4. The fourth-order valence-corrected chi connectivity index (χ4v) is 1.93. The lowest BCUT2D eigenvalue weighted by Crippen LogP contribution is -2.09. The Morgan fingerprint density at radius 1 is 0.792 bits per heavy atom. The van der Waals surface area contributed by atoms with Crippen molar-refractivity contribution < 1.29 is 31.2 Å². The number of rotatable bonds is 4. The van der Waals surface area contributed by atoms with Gasteiger partial charge >= 0.3 is 12.4 Å². The average molecular weight is 346 g/mol. The molecule has 0 fully saturated rings. The van der Waals surface area contributed by atoms with Crippen molar-refractivity contribution >= 4 is 6.21 Å². The fourth-order valence-electron chi connectivity index (χ4n) is 1.93. The van der Waals surface area contributed by atoms with Gasteiger partial charge in [-0.2, -0.15) is 26.3 Å². The smallest absolute Gasteiger partial charge is 0.390 e. The third kappa shape index (κ3) is 4.50. The van der Waals surface area contributed by atoms with Crippen LogP contribution in [0, 0.1) is 0 Å². The van der Waals surface area contributed by atoms with Gasteiger partial charge < -0.3 is 4.84 Å². The molecule has 0 aliphatic heterocycles. The van der Waals surface area contributed by atoms with Gasteiger partial charge in [-0.25, -0.2) is 0 Å². The highest BCUT2D eigenvalue weighted by Crippen LogP contribution is 2.32.